The molecule has 160 valence electrons. The van der Waals surface area contributed by atoms with Gasteiger partial charge in [-0.1, -0.05) is 18.2 Å². The molecule has 0 aromatic heterocycles. The predicted octanol–water partition coefficient (Wildman–Crippen LogP) is 3.96. The van der Waals surface area contributed by atoms with Crippen LogP contribution in [-0.4, -0.2) is 56.9 Å². The first kappa shape index (κ1) is 24.8. The van der Waals surface area contributed by atoms with Crippen LogP contribution in [0.15, 0.2) is 29.3 Å². The number of ether oxygens (including phenoxy) is 1. The van der Waals surface area contributed by atoms with Crippen molar-refractivity contribution in [2.24, 2.45) is 4.99 Å². The highest BCUT2D eigenvalue weighted by Crippen LogP contribution is 2.31. The highest BCUT2D eigenvalue weighted by atomic mass is 127. The fraction of sp³-hybridized carbons (Fsp3) is 0.632. The molecule has 9 heteroatoms. The van der Waals surface area contributed by atoms with Gasteiger partial charge in [0, 0.05) is 18.7 Å². The van der Waals surface area contributed by atoms with Gasteiger partial charge in [0.15, 0.2) is 5.96 Å². The van der Waals surface area contributed by atoms with E-state index in [1.54, 1.807) is 7.11 Å². The Morgan fingerprint density at radius 2 is 1.89 bits per heavy atom. The second kappa shape index (κ2) is 12.4. The first-order valence-corrected chi connectivity index (χ1v) is 9.40. The first-order chi connectivity index (χ1) is 12.9. The molecule has 1 aliphatic rings. The number of para-hydroxylation sites is 1. The van der Waals surface area contributed by atoms with Gasteiger partial charge >= 0.3 is 6.18 Å². The summed E-state index contributed by atoms with van der Waals surface area (Å²) >= 11 is 0. The summed E-state index contributed by atoms with van der Waals surface area (Å²) in [5.74, 6) is 1.21. The molecule has 1 saturated heterocycles. The normalized spacial score (nSPS) is 16.4. The van der Waals surface area contributed by atoms with Gasteiger partial charge in [-0.05, 0) is 38.9 Å². The summed E-state index contributed by atoms with van der Waals surface area (Å²) in [6.45, 7) is 4.69. The standard InChI is InChI=1S/C19H29F3N4O.HI/c1-3-23-18(24-11-10-19(20,21)22)25-14-16(26-12-6-7-13-26)15-8-4-5-9-17(15)27-2;/h4-5,8-9,16H,3,6-7,10-14H2,1-2H3,(H2,23,24,25);1H. The number of hydrogen-bond donors (Lipinski definition) is 2. The summed E-state index contributed by atoms with van der Waals surface area (Å²) in [6, 6.07) is 7.88. The summed E-state index contributed by atoms with van der Waals surface area (Å²) < 4.78 is 42.7. The van der Waals surface area contributed by atoms with E-state index in [0.29, 0.717) is 19.0 Å². The van der Waals surface area contributed by atoms with Gasteiger partial charge in [-0.3, -0.25) is 9.89 Å². The summed E-state index contributed by atoms with van der Waals surface area (Å²) in [5, 5.41) is 5.79. The van der Waals surface area contributed by atoms with Gasteiger partial charge in [-0.2, -0.15) is 13.2 Å². The van der Waals surface area contributed by atoms with Gasteiger partial charge in [0.05, 0.1) is 26.1 Å². The fourth-order valence-electron chi connectivity index (χ4n) is 3.25. The number of nitrogens with zero attached hydrogens (tertiary/aromatic N) is 2. The molecule has 1 aliphatic heterocycles. The van der Waals surface area contributed by atoms with E-state index in [9.17, 15) is 13.2 Å². The summed E-state index contributed by atoms with van der Waals surface area (Å²) in [4.78, 5) is 6.92. The van der Waals surface area contributed by atoms with Crippen LogP contribution in [0.5, 0.6) is 5.75 Å². The number of nitrogens with one attached hydrogen (secondary N) is 2. The second-order valence-corrected chi connectivity index (χ2v) is 6.51. The molecule has 0 spiro atoms. The molecule has 0 amide bonds. The summed E-state index contributed by atoms with van der Waals surface area (Å²) in [7, 11) is 1.64. The Bertz CT molecular complexity index is 607. The number of guanidine groups is 1. The van der Waals surface area contributed by atoms with Crippen molar-refractivity contribution in [3.05, 3.63) is 29.8 Å². The van der Waals surface area contributed by atoms with E-state index in [0.717, 1.165) is 37.2 Å². The monoisotopic (exact) mass is 514 g/mol. The van der Waals surface area contributed by atoms with Crippen LogP contribution >= 0.6 is 24.0 Å². The second-order valence-electron chi connectivity index (χ2n) is 6.51. The molecule has 1 fully saturated rings. The van der Waals surface area contributed by atoms with Crippen LogP contribution in [0.1, 0.15) is 37.8 Å². The minimum atomic E-state index is -4.18. The molecule has 1 atom stereocenters. The van der Waals surface area contributed by atoms with Gasteiger partial charge < -0.3 is 15.4 Å². The molecule has 1 aromatic rings. The summed E-state index contributed by atoms with van der Waals surface area (Å²) in [5.41, 5.74) is 1.05. The molecular formula is C19H30F3IN4O. The number of methoxy groups -OCH3 is 1. The van der Waals surface area contributed by atoms with Crippen LogP contribution in [-0.2, 0) is 0 Å². The molecule has 0 aliphatic carbocycles. The highest BCUT2D eigenvalue weighted by Gasteiger charge is 2.27. The Labute approximate surface area is 182 Å². The number of aliphatic imine (C=N–C) groups is 1. The molecule has 2 N–H and O–H groups in total. The summed E-state index contributed by atoms with van der Waals surface area (Å²) in [6.07, 6.45) is -2.79. The van der Waals surface area contributed by atoms with Crippen molar-refractivity contribution >= 4 is 29.9 Å². The molecule has 0 bridgehead atoms. The third-order valence-electron chi connectivity index (χ3n) is 4.55. The maximum atomic E-state index is 12.4. The molecule has 5 nitrogen and oxygen atoms in total. The molecule has 1 aromatic carbocycles. The van der Waals surface area contributed by atoms with E-state index in [1.807, 2.05) is 31.2 Å². The van der Waals surface area contributed by atoms with Crippen molar-refractivity contribution in [2.45, 2.75) is 38.4 Å². The third kappa shape index (κ3) is 8.02. The topological polar surface area (TPSA) is 48.9 Å². The minimum absolute atomic E-state index is 0. The lowest BCUT2D eigenvalue weighted by molar-refractivity contribution is -0.132. The van der Waals surface area contributed by atoms with E-state index in [-0.39, 0.29) is 36.6 Å². The minimum Gasteiger partial charge on any atom is -0.496 e. The van der Waals surface area contributed by atoms with Crippen molar-refractivity contribution in [3.63, 3.8) is 0 Å². The van der Waals surface area contributed by atoms with Gasteiger partial charge in [0.1, 0.15) is 5.75 Å². The lowest BCUT2D eigenvalue weighted by Gasteiger charge is -2.28. The van der Waals surface area contributed by atoms with E-state index in [2.05, 4.69) is 20.5 Å². The Morgan fingerprint density at radius 1 is 1.21 bits per heavy atom. The van der Waals surface area contributed by atoms with Gasteiger partial charge in [0.25, 0.3) is 0 Å². The molecule has 0 radical (unpaired) electrons. The zero-order chi connectivity index (χ0) is 19.7. The van der Waals surface area contributed by atoms with Crippen LogP contribution in [0.4, 0.5) is 13.2 Å². The SMILES string of the molecule is CCNC(=NCC(c1ccccc1OC)N1CCCC1)NCCC(F)(F)F.I. The number of halogens is 4. The largest absolute Gasteiger partial charge is 0.496 e. The van der Waals surface area contributed by atoms with E-state index in [1.165, 1.54) is 0 Å². The average Bonchev–Trinajstić information content (AvgIpc) is 3.15. The number of hydrogen-bond acceptors (Lipinski definition) is 3. The van der Waals surface area contributed by atoms with Crippen LogP contribution < -0.4 is 15.4 Å². The van der Waals surface area contributed by atoms with Crippen molar-refractivity contribution in [3.8, 4) is 5.75 Å². The first-order valence-electron chi connectivity index (χ1n) is 9.40. The lowest BCUT2D eigenvalue weighted by atomic mass is 10.0. The zero-order valence-electron chi connectivity index (χ0n) is 16.4. The van der Waals surface area contributed by atoms with Crippen LogP contribution in [0.25, 0.3) is 0 Å². The van der Waals surface area contributed by atoms with Crippen LogP contribution in [0, 0.1) is 0 Å². The quantitative estimate of drug-likeness (QED) is 0.314. The smallest absolute Gasteiger partial charge is 0.390 e. The number of benzene rings is 1. The maximum Gasteiger partial charge on any atom is 0.390 e. The molecule has 28 heavy (non-hydrogen) atoms. The van der Waals surface area contributed by atoms with E-state index in [4.69, 9.17) is 4.74 Å². The third-order valence-corrected chi connectivity index (χ3v) is 4.55. The highest BCUT2D eigenvalue weighted by molar-refractivity contribution is 14.0. The zero-order valence-corrected chi connectivity index (χ0v) is 18.7. The lowest BCUT2D eigenvalue weighted by Crippen LogP contribution is -2.39. The number of alkyl halides is 3. The van der Waals surface area contributed by atoms with Gasteiger partial charge in [-0.15, -0.1) is 24.0 Å². The van der Waals surface area contributed by atoms with E-state index >= 15 is 0 Å². The molecule has 2 rings (SSSR count). The maximum absolute atomic E-state index is 12.4. The molecule has 1 heterocycles. The Morgan fingerprint density at radius 3 is 2.50 bits per heavy atom. The van der Waals surface area contributed by atoms with Crippen molar-refractivity contribution < 1.29 is 17.9 Å². The van der Waals surface area contributed by atoms with Crippen molar-refractivity contribution in [2.75, 3.05) is 39.8 Å². The Kier molecular flexibility index (Phi) is 10.9. The molecular weight excluding hydrogens is 484 g/mol. The number of rotatable bonds is 8. The Hall–Kier alpha value is -1.23. The fourth-order valence-corrected chi connectivity index (χ4v) is 3.25. The molecule has 1 unspecified atom stereocenters. The average molecular weight is 514 g/mol. The molecule has 0 saturated carbocycles. The van der Waals surface area contributed by atoms with Crippen molar-refractivity contribution in [1.82, 2.24) is 15.5 Å². The Balaban J connectivity index is 0.00000392. The van der Waals surface area contributed by atoms with E-state index < -0.39 is 12.6 Å². The van der Waals surface area contributed by atoms with Crippen LogP contribution in [0.2, 0.25) is 0 Å². The predicted molar refractivity (Wildman–Crippen MR) is 117 cm³/mol. The van der Waals surface area contributed by atoms with Crippen LogP contribution in [0.3, 0.4) is 0 Å². The van der Waals surface area contributed by atoms with Gasteiger partial charge in [0.2, 0.25) is 0 Å². The van der Waals surface area contributed by atoms with Crippen molar-refractivity contribution in [1.29, 1.82) is 0 Å². The van der Waals surface area contributed by atoms with Gasteiger partial charge in [-0.25, -0.2) is 0 Å². The number of likely N-dealkylation sites (tertiary alicyclic amines) is 1.